The molecule has 0 radical (unpaired) electrons. The molecule has 0 spiro atoms. The van der Waals surface area contributed by atoms with Crippen molar-refractivity contribution in [1.82, 2.24) is 20.5 Å². The average Bonchev–Trinajstić information content (AvgIpc) is 2.92. The van der Waals surface area contributed by atoms with Crippen LogP contribution in [0.5, 0.6) is 5.75 Å². The maximum absolute atomic E-state index is 13.6. The predicted octanol–water partition coefficient (Wildman–Crippen LogP) is 2.41. The first-order valence-electron chi connectivity index (χ1n) is 12.7. The molecule has 2 aliphatic heterocycles. The minimum atomic E-state index is -0.824. The lowest BCUT2D eigenvalue weighted by molar-refractivity contribution is -0.137. The number of piperidine rings is 1. The van der Waals surface area contributed by atoms with E-state index in [1.807, 2.05) is 17.0 Å². The molecule has 2 atom stereocenters. The molecule has 200 valence electrons. The van der Waals surface area contributed by atoms with Crippen LogP contribution >= 0.6 is 31.9 Å². The number of rotatable bonds is 8. The van der Waals surface area contributed by atoms with Gasteiger partial charge in [-0.3, -0.25) is 14.6 Å². The summed E-state index contributed by atoms with van der Waals surface area (Å²) in [6.45, 7) is 4.51. The summed E-state index contributed by atoms with van der Waals surface area (Å²) in [6.07, 6.45) is 6.41. The standard InChI is InChI=1S/C26H34Br2N6O3/c27-20-13-18(14-21(28)24(20)35)15-22(29)25(36)32-23(16-17-1-5-30-6-2-17)26(37)34-11-9-33(10-12-34)19-3-7-31-8-4-19/h3-4,7-8,13-14,17,22-23,30,35H,1-2,5-6,9-12,15-16,29H2,(H,32,36). The fraction of sp³-hybridized carbons (Fsp3) is 0.500. The highest BCUT2D eigenvalue weighted by molar-refractivity contribution is 9.11. The Balaban J connectivity index is 1.40. The number of aromatic nitrogens is 1. The highest BCUT2D eigenvalue weighted by Crippen LogP contribution is 2.33. The van der Waals surface area contributed by atoms with Gasteiger partial charge in [-0.1, -0.05) is 0 Å². The van der Waals surface area contributed by atoms with Gasteiger partial charge in [0.15, 0.2) is 0 Å². The van der Waals surface area contributed by atoms with Gasteiger partial charge in [0.1, 0.15) is 11.8 Å². The molecule has 2 saturated heterocycles. The van der Waals surface area contributed by atoms with E-state index in [2.05, 4.69) is 52.4 Å². The topological polar surface area (TPSA) is 124 Å². The lowest BCUT2D eigenvalue weighted by atomic mass is 9.90. The van der Waals surface area contributed by atoms with Crippen molar-refractivity contribution < 1.29 is 14.7 Å². The van der Waals surface area contributed by atoms with Gasteiger partial charge in [0.05, 0.1) is 15.0 Å². The van der Waals surface area contributed by atoms with E-state index in [4.69, 9.17) is 5.73 Å². The molecule has 2 fully saturated rings. The number of hydrogen-bond donors (Lipinski definition) is 4. The van der Waals surface area contributed by atoms with Crippen LogP contribution < -0.4 is 21.3 Å². The Kier molecular flexibility index (Phi) is 9.80. The first-order valence-corrected chi connectivity index (χ1v) is 14.3. The van der Waals surface area contributed by atoms with Crippen molar-refractivity contribution in [2.75, 3.05) is 44.2 Å². The molecule has 9 nitrogen and oxygen atoms in total. The van der Waals surface area contributed by atoms with Gasteiger partial charge in [-0.15, -0.1) is 0 Å². The number of benzene rings is 1. The second kappa shape index (κ2) is 13.0. The maximum Gasteiger partial charge on any atom is 0.245 e. The number of phenolic OH excluding ortho intramolecular Hbond substituents is 1. The van der Waals surface area contributed by atoms with E-state index in [1.165, 1.54) is 0 Å². The summed E-state index contributed by atoms with van der Waals surface area (Å²) in [5, 5.41) is 16.3. The summed E-state index contributed by atoms with van der Waals surface area (Å²) < 4.78 is 1.05. The number of nitrogens with zero attached hydrogens (tertiary/aromatic N) is 3. The summed E-state index contributed by atoms with van der Waals surface area (Å²) >= 11 is 6.64. The quantitative estimate of drug-likeness (QED) is 0.351. The fourth-order valence-corrected chi connectivity index (χ4v) is 6.28. The summed E-state index contributed by atoms with van der Waals surface area (Å²) in [5.74, 6) is 0.0823. The van der Waals surface area contributed by atoms with Gasteiger partial charge < -0.3 is 31.3 Å². The summed E-state index contributed by atoms with van der Waals surface area (Å²) in [4.78, 5) is 35.0. The van der Waals surface area contributed by atoms with Crippen LogP contribution in [-0.2, 0) is 16.0 Å². The molecule has 2 amide bonds. The van der Waals surface area contributed by atoms with E-state index in [0.717, 1.165) is 50.3 Å². The number of carbonyl (C=O) groups is 2. The highest BCUT2D eigenvalue weighted by atomic mass is 79.9. The number of aromatic hydroxyl groups is 1. The number of amides is 2. The van der Waals surface area contributed by atoms with Crippen LogP contribution in [0.2, 0.25) is 0 Å². The van der Waals surface area contributed by atoms with Crippen molar-refractivity contribution in [3.63, 3.8) is 0 Å². The van der Waals surface area contributed by atoms with Crippen molar-refractivity contribution in [3.05, 3.63) is 51.2 Å². The molecule has 1 aromatic carbocycles. The first-order chi connectivity index (χ1) is 17.8. The van der Waals surface area contributed by atoms with Gasteiger partial charge in [0.2, 0.25) is 11.8 Å². The highest BCUT2D eigenvalue weighted by Gasteiger charge is 2.32. The van der Waals surface area contributed by atoms with Crippen LogP contribution in [0.1, 0.15) is 24.8 Å². The lowest BCUT2D eigenvalue weighted by Crippen LogP contribution is -2.57. The first kappa shape index (κ1) is 27.8. The zero-order valence-corrected chi connectivity index (χ0v) is 23.9. The Morgan fingerprint density at radius 3 is 2.35 bits per heavy atom. The maximum atomic E-state index is 13.6. The third-order valence-electron chi connectivity index (χ3n) is 7.13. The second-order valence-electron chi connectivity index (χ2n) is 9.73. The summed E-state index contributed by atoms with van der Waals surface area (Å²) in [6, 6.07) is 6.01. The zero-order valence-electron chi connectivity index (χ0n) is 20.7. The number of anilines is 1. The van der Waals surface area contributed by atoms with Gasteiger partial charge in [0.25, 0.3) is 0 Å². The SMILES string of the molecule is NC(Cc1cc(Br)c(O)c(Br)c1)C(=O)NC(CC1CCNCC1)C(=O)N1CCN(c2ccncc2)CC1. The largest absolute Gasteiger partial charge is 0.506 e. The Morgan fingerprint density at radius 1 is 1.11 bits per heavy atom. The molecule has 1 aromatic heterocycles. The van der Waals surface area contributed by atoms with Crippen LogP contribution in [-0.4, -0.2) is 78.2 Å². The predicted molar refractivity (Wildman–Crippen MR) is 150 cm³/mol. The van der Waals surface area contributed by atoms with E-state index in [0.29, 0.717) is 34.4 Å². The van der Waals surface area contributed by atoms with Gasteiger partial charge in [-0.25, -0.2) is 0 Å². The van der Waals surface area contributed by atoms with Crippen LogP contribution in [0.4, 0.5) is 5.69 Å². The van der Waals surface area contributed by atoms with E-state index in [-0.39, 0.29) is 24.0 Å². The summed E-state index contributed by atoms with van der Waals surface area (Å²) in [7, 11) is 0. The number of hydrogen-bond acceptors (Lipinski definition) is 7. The van der Waals surface area contributed by atoms with E-state index >= 15 is 0 Å². The van der Waals surface area contributed by atoms with Crippen LogP contribution in [0, 0.1) is 5.92 Å². The van der Waals surface area contributed by atoms with Crippen molar-refractivity contribution in [2.45, 2.75) is 37.8 Å². The molecule has 0 bridgehead atoms. The van der Waals surface area contributed by atoms with Crippen molar-refractivity contribution in [2.24, 2.45) is 11.7 Å². The molecule has 2 unspecified atom stereocenters. The van der Waals surface area contributed by atoms with Crippen LogP contribution in [0.25, 0.3) is 0 Å². The molecule has 4 rings (SSSR count). The number of phenols is 1. The molecule has 0 saturated carbocycles. The minimum absolute atomic E-state index is 0.0383. The third kappa shape index (κ3) is 7.43. The van der Waals surface area contributed by atoms with E-state index < -0.39 is 12.1 Å². The van der Waals surface area contributed by atoms with Gasteiger partial charge in [-0.2, -0.15) is 0 Å². The number of nitrogens with one attached hydrogen (secondary N) is 2. The van der Waals surface area contributed by atoms with Crippen molar-refractivity contribution in [3.8, 4) is 5.75 Å². The van der Waals surface area contributed by atoms with Crippen LogP contribution in [0.15, 0.2) is 45.6 Å². The molecule has 2 aromatic rings. The average molecular weight is 638 g/mol. The van der Waals surface area contributed by atoms with Crippen molar-refractivity contribution >= 4 is 49.4 Å². The van der Waals surface area contributed by atoms with Crippen LogP contribution in [0.3, 0.4) is 0 Å². The zero-order chi connectivity index (χ0) is 26.4. The van der Waals surface area contributed by atoms with Gasteiger partial charge in [0, 0.05) is 44.3 Å². The van der Waals surface area contributed by atoms with Gasteiger partial charge in [-0.05, 0) is 106 Å². The van der Waals surface area contributed by atoms with Crippen molar-refractivity contribution in [1.29, 1.82) is 0 Å². The molecule has 11 heteroatoms. The van der Waals surface area contributed by atoms with E-state index in [1.54, 1.807) is 24.5 Å². The number of piperazine rings is 1. The summed E-state index contributed by atoms with van der Waals surface area (Å²) in [5.41, 5.74) is 8.17. The normalized spacial score (nSPS) is 18.4. The third-order valence-corrected chi connectivity index (χ3v) is 8.34. The Labute approximate surface area is 234 Å². The molecular weight excluding hydrogens is 604 g/mol. The molecule has 5 N–H and O–H groups in total. The molecule has 2 aliphatic rings. The Hall–Kier alpha value is -2.21. The fourth-order valence-electron chi connectivity index (χ4n) is 4.99. The minimum Gasteiger partial charge on any atom is -0.506 e. The molecular formula is C26H34Br2N6O3. The number of pyridine rings is 1. The number of nitrogens with two attached hydrogens (primary N) is 1. The monoisotopic (exact) mass is 636 g/mol. The molecule has 37 heavy (non-hydrogen) atoms. The van der Waals surface area contributed by atoms with Gasteiger partial charge >= 0.3 is 0 Å². The lowest BCUT2D eigenvalue weighted by Gasteiger charge is -2.38. The number of halogens is 2. The molecule has 3 heterocycles. The smallest absolute Gasteiger partial charge is 0.245 e. The molecule has 0 aliphatic carbocycles. The Bertz CT molecular complexity index is 1050. The second-order valence-corrected chi connectivity index (χ2v) is 11.4. The van der Waals surface area contributed by atoms with E-state index in [9.17, 15) is 14.7 Å². The Morgan fingerprint density at radius 2 is 1.73 bits per heavy atom. The number of carbonyl (C=O) groups excluding carboxylic acids is 2.